The quantitative estimate of drug-likeness (QED) is 0.821. The van der Waals surface area contributed by atoms with E-state index in [9.17, 15) is 19.1 Å². The Labute approximate surface area is 144 Å². The van der Waals surface area contributed by atoms with Gasteiger partial charge in [0.1, 0.15) is 11.9 Å². The van der Waals surface area contributed by atoms with Gasteiger partial charge in [-0.2, -0.15) is 0 Å². The van der Waals surface area contributed by atoms with E-state index >= 15 is 0 Å². The lowest BCUT2D eigenvalue weighted by atomic mass is 10.1. The van der Waals surface area contributed by atoms with Crippen molar-refractivity contribution in [2.24, 2.45) is 0 Å². The molecule has 0 radical (unpaired) electrons. The minimum Gasteiger partial charge on any atom is -0.480 e. The number of aliphatic carboxylic acids is 1. The van der Waals surface area contributed by atoms with Gasteiger partial charge in [0, 0.05) is 26.7 Å². The Bertz CT molecular complexity index is 778. The van der Waals surface area contributed by atoms with Crippen molar-refractivity contribution in [2.75, 3.05) is 19.0 Å². The lowest BCUT2D eigenvalue weighted by Gasteiger charge is -2.16. The monoisotopic (exact) mass is 346 g/mol. The summed E-state index contributed by atoms with van der Waals surface area (Å²) in [5.74, 6) is -1.71. The van der Waals surface area contributed by atoms with Crippen molar-refractivity contribution in [3.8, 4) is 0 Å². The maximum absolute atomic E-state index is 12.9. The van der Waals surface area contributed by atoms with Gasteiger partial charge in [-0.05, 0) is 24.6 Å². The smallest absolute Gasteiger partial charge is 0.326 e. The number of carboxylic acids is 1. The average Bonchev–Trinajstić information content (AvgIpc) is 2.55. The number of hydrogen-bond acceptors (Lipinski definition) is 5. The lowest BCUT2D eigenvalue weighted by molar-refractivity contribution is -0.139. The third-order valence-corrected chi connectivity index (χ3v) is 3.57. The summed E-state index contributed by atoms with van der Waals surface area (Å²) in [7, 11) is 3.55. The van der Waals surface area contributed by atoms with E-state index in [1.165, 1.54) is 30.5 Å². The molecule has 1 amide bonds. The molecule has 0 spiro atoms. The maximum Gasteiger partial charge on any atom is 0.326 e. The zero-order valence-electron chi connectivity index (χ0n) is 14.2. The van der Waals surface area contributed by atoms with Crippen LogP contribution in [-0.4, -0.2) is 47.1 Å². The number of halogens is 1. The summed E-state index contributed by atoms with van der Waals surface area (Å²) < 4.78 is 12.9. The molecule has 0 aliphatic carbocycles. The van der Waals surface area contributed by atoms with Crippen molar-refractivity contribution in [1.29, 1.82) is 0 Å². The van der Waals surface area contributed by atoms with Crippen LogP contribution in [0.2, 0.25) is 0 Å². The molecule has 1 atom stereocenters. The van der Waals surface area contributed by atoms with Gasteiger partial charge in [-0.15, -0.1) is 0 Å². The molecule has 2 N–H and O–H groups in total. The molecule has 7 nitrogen and oxygen atoms in total. The molecule has 0 aliphatic heterocycles. The fourth-order valence-electron chi connectivity index (χ4n) is 2.19. The van der Waals surface area contributed by atoms with E-state index < -0.39 is 23.7 Å². The summed E-state index contributed by atoms with van der Waals surface area (Å²) in [6.45, 7) is 1.65. The minimum atomic E-state index is -1.18. The van der Waals surface area contributed by atoms with Gasteiger partial charge in [-0.25, -0.2) is 19.2 Å². The molecule has 2 rings (SSSR count). The Morgan fingerprint density at radius 3 is 2.44 bits per heavy atom. The molecular formula is C17H19FN4O3. The first-order chi connectivity index (χ1) is 11.8. The molecule has 0 saturated heterocycles. The van der Waals surface area contributed by atoms with E-state index in [0.717, 1.165) is 0 Å². The third kappa shape index (κ3) is 4.72. The van der Waals surface area contributed by atoms with Crippen LogP contribution in [0, 0.1) is 12.7 Å². The number of anilines is 1. The molecule has 0 aliphatic rings. The standard InChI is InChI=1S/C17H19FN4O3/c1-10-13(9-19-17(20-10)22(2)3)15(23)21-14(16(24)25)8-11-4-6-12(18)7-5-11/h4-7,9,14H,8H2,1-3H3,(H,21,23)(H,24,25). The van der Waals surface area contributed by atoms with Crippen LogP contribution in [0.25, 0.3) is 0 Å². The number of rotatable bonds is 6. The van der Waals surface area contributed by atoms with Crippen molar-refractivity contribution >= 4 is 17.8 Å². The first-order valence-electron chi connectivity index (χ1n) is 7.57. The Balaban J connectivity index is 2.15. The van der Waals surface area contributed by atoms with Crippen molar-refractivity contribution in [2.45, 2.75) is 19.4 Å². The number of carbonyl (C=O) groups excluding carboxylic acids is 1. The number of amides is 1. The van der Waals surface area contributed by atoms with E-state index in [0.29, 0.717) is 17.2 Å². The van der Waals surface area contributed by atoms with Crippen LogP contribution in [-0.2, 0) is 11.2 Å². The van der Waals surface area contributed by atoms with Crippen molar-refractivity contribution in [1.82, 2.24) is 15.3 Å². The van der Waals surface area contributed by atoms with E-state index in [2.05, 4.69) is 15.3 Å². The molecule has 1 unspecified atom stereocenters. The zero-order chi connectivity index (χ0) is 18.6. The number of aryl methyl sites for hydroxylation is 1. The van der Waals surface area contributed by atoms with Gasteiger partial charge in [-0.1, -0.05) is 12.1 Å². The molecule has 8 heteroatoms. The molecule has 0 bridgehead atoms. The summed E-state index contributed by atoms with van der Waals surface area (Å²) >= 11 is 0. The Hall–Kier alpha value is -3.03. The second-order valence-electron chi connectivity index (χ2n) is 5.76. The Morgan fingerprint density at radius 1 is 1.28 bits per heavy atom. The maximum atomic E-state index is 12.9. The van der Waals surface area contributed by atoms with Crippen LogP contribution in [0.3, 0.4) is 0 Å². The number of carbonyl (C=O) groups is 2. The highest BCUT2D eigenvalue weighted by Gasteiger charge is 2.23. The van der Waals surface area contributed by atoms with Crippen LogP contribution in [0.15, 0.2) is 30.5 Å². The van der Waals surface area contributed by atoms with E-state index in [4.69, 9.17) is 0 Å². The molecule has 1 aromatic heterocycles. The summed E-state index contributed by atoms with van der Waals surface area (Å²) in [5, 5.41) is 11.8. The Morgan fingerprint density at radius 2 is 1.92 bits per heavy atom. The van der Waals surface area contributed by atoms with Gasteiger partial charge < -0.3 is 15.3 Å². The average molecular weight is 346 g/mol. The summed E-state index contributed by atoms with van der Waals surface area (Å²) in [5.41, 5.74) is 1.25. The topological polar surface area (TPSA) is 95.4 Å². The van der Waals surface area contributed by atoms with Gasteiger partial charge in [0.05, 0.1) is 11.3 Å². The fourth-order valence-corrected chi connectivity index (χ4v) is 2.19. The number of carboxylic acid groups (broad SMARTS) is 1. The highest BCUT2D eigenvalue weighted by Crippen LogP contribution is 2.11. The highest BCUT2D eigenvalue weighted by molar-refractivity contribution is 5.97. The molecule has 0 saturated carbocycles. The summed E-state index contributed by atoms with van der Waals surface area (Å²) in [6.07, 6.45) is 1.40. The minimum absolute atomic E-state index is 0.0387. The number of benzene rings is 1. The van der Waals surface area contributed by atoms with Crippen LogP contribution >= 0.6 is 0 Å². The van der Waals surface area contributed by atoms with Crippen LogP contribution in [0.1, 0.15) is 21.6 Å². The number of nitrogens with zero attached hydrogens (tertiary/aromatic N) is 3. The molecule has 25 heavy (non-hydrogen) atoms. The molecule has 1 aromatic carbocycles. The molecule has 1 heterocycles. The van der Waals surface area contributed by atoms with Gasteiger partial charge in [0.25, 0.3) is 5.91 Å². The van der Waals surface area contributed by atoms with Crippen LogP contribution < -0.4 is 10.2 Å². The molecular weight excluding hydrogens is 327 g/mol. The zero-order valence-corrected chi connectivity index (χ0v) is 14.2. The summed E-state index contributed by atoms with van der Waals surface area (Å²) in [6, 6.07) is 4.31. The van der Waals surface area contributed by atoms with Crippen LogP contribution in [0.4, 0.5) is 10.3 Å². The number of aromatic nitrogens is 2. The second kappa shape index (κ2) is 7.69. The fraction of sp³-hybridized carbons (Fsp3) is 0.294. The largest absolute Gasteiger partial charge is 0.480 e. The SMILES string of the molecule is Cc1nc(N(C)C)ncc1C(=O)NC(Cc1ccc(F)cc1)C(=O)O. The number of hydrogen-bond donors (Lipinski definition) is 2. The normalized spacial score (nSPS) is 11.7. The molecule has 2 aromatic rings. The number of nitrogens with one attached hydrogen (secondary N) is 1. The van der Waals surface area contributed by atoms with Crippen molar-refractivity contribution in [3.63, 3.8) is 0 Å². The van der Waals surface area contributed by atoms with Crippen molar-refractivity contribution in [3.05, 3.63) is 53.1 Å². The third-order valence-electron chi connectivity index (χ3n) is 3.57. The second-order valence-corrected chi connectivity index (χ2v) is 5.76. The molecule has 132 valence electrons. The Kier molecular flexibility index (Phi) is 5.63. The van der Waals surface area contributed by atoms with Gasteiger partial charge in [0.2, 0.25) is 5.95 Å². The predicted octanol–water partition coefficient (Wildman–Crippen LogP) is 1.42. The van der Waals surface area contributed by atoms with Crippen LogP contribution in [0.5, 0.6) is 0 Å². The lowest BCUT2D eigenvalue weighted by Crippen LogP contribution is -2.42. The van der Waals surface area contributed by atoms with Crippen molar-refractivity contribution < 1.29 is 19.1 Å². The first kappa shape index (κ1) is 18.3. The van der Waals surface area contributed by atoms with E-state index in [1.807, 2.05) is 0 Å². The molecule has 0 fully saturated rings. The van der Waals surface area contributed by atoms with E-state index in [1.54, 1.807) is 25.9 Å². The summed E-state index contributed by atoms with van der Waals surface area (Å²) in [4.78, 5) is 33.8. The van der Waals surface area contributed by atoms with Gasteiger partial charge in [0.15, 0.2) is 0 Å². The van der Waals surface area contributed by atoms with Gasteiger partial charge >= 0.3 is 5.97 Å². The van der Waals surface area contributed by atoms with E-state index in [-0.39, 0.29) is 12.0 Å². The highest BCUT2D eigenvalue weighted by atomic mass is 19.1. The van der Waals surface area contributed by atoms with Gasteiger partial charge in [-0.3, -0.25) is 4.79 Å². The predicted molar refractivity (Wildman–Crippen MR) is 90.1 cm³/mol. The first-order valence-corrected chi connectivity index (χ1v) is 7.57.